The van der Waals surface area contributed by atoms with E-state index in [2.05, 4.69) is 27.3 Å². The van der Waals surface area contributed by atoms with Gasteiger partial charge in [0.1, 0.15) is 0 Å². The van der Waals surface area contributed by atoms with Crippen molar-refractivity contribution in [3.8, 4) is 0 Å². The zero-order chi connectivity index (χ0) is 20.2. The fraction of sp³-hybridized carbons (Fsp3) is 0.0800. The smallest absolute Gasteiger partial charge is 0.165 e. The summed E-state index contributed by atoms with van der Waals surface area (Å²) in [6.45, 7) is 0. The van der Waals surface area contributed by atoms with E-state index in [0.717, 1.165) is 32.1 Å². The van der Waals surface area contributed by atoms with E-state index >= 15 is 0 Å². The van der Waals surface area contributed by atoms with Crippen molar-refractivity contribution in [1.29, 1.82) is 0 Å². The van der Waals surface area contributed by atoms with Gasteiger partial charge >= 0.3 is 0 Å². The Bertz CT molecular complexity index is 1160. The number of hydrogen-bond donors (Lipinski definition) is 1. The minimum Gasteiger partial charge on any atom is -0.378 e. The molecule has 2 nitrogen and oxygen atoms in total. The van der Waals surface area contributed by atoms with Gasteiger partial charge in [0.2, 0.25) is 0 Å². The first-order valence-electron chi connectivity index (χ1n) is 9.38. The molecule has 4 heteroatoms. The second kappa shape index (κ2) is 8.81. The highest BCUT2D eigenvalue weighted by Crippen LogP contribution is 2.28. The van der Waals surface area contributed by atoms with E-state index in [-0.39, 0.29) is 11.8 Å². The molecule has 144 valence electrons. The van der Waals surface area contributed by atoms with Crippen LogP contribution in [-0.2, 0) is 0 Å². The van der Waals surface area contributed by atoms with Crippen molar-refractivity contribution in [1.82, 2.24) is 0 Å². The van der Waals surface area contributed by atoms with Gasteiger partial charge in [-0.25, -0.2) is 0 Å². The molecule has 0 bridgehead atoms. The van der Waals surface area contributed by atoms with Crippen molar-refractivity contribution in [3.63, 3.8) is 0 Å². The molecule has 0 amide bonds. The summed E-state index contributed by atoms with van der Waals surface area (Å²) in [6, 6.07) is 29.4. The number of halogens is 2. The summed E-state index contributed by atoms with van der Waals surface area (Å²) in [7, 11) is 0. The van der Waals surface area contributed by atoms with E-state index in [1.54, 1.807) is 0 Å². The van der Waals surface area contributed by atoms with Gasteiger partial charge in [-0.15, -0.1) is 0 Å². The van der Waals surface area contributed by atoms with Crippen LogP contribution >= 0.6 is 27.5 Å². The zero-order valence-corrected chi connectivity index (χ0v) is 18.0. The normalized spacial score (nSPS) is 11.9. The van der Waals surface area contributed by atoms with Crippen LogP contribution in [0.3, 0.4) is 0 Å². The number of ketones is 1. The molecule has 0 heterocycles. The number of benzene rings is 4. The first-order valence-corrected chi connectivity index (χ1v) is 10.6. The minimum atomic E-state index is -0.166. The first kappa shape index (κ1) is 19.7. The predicted octanol–water partition coefficient (Wildman–Crippen LogP) is 7.68. The molecular weight excluding hydrogens is 446 g/mol. The van der Waals surface area contributed by atoms with Crippen LogP contribution in [0.15, 0.2) is 95.5 Å². The summed E-state index contributed by atoms with van der Waals surface area (Å²) >= 11 is 9.62. The van der Waals surface area contributed by atoms with Crippen molar-refractivity contribution in [2.45, 2.75) is 12.5 Å². The van der Waals surface area contributed by atoms with Crippen LogP contribution in [0.4, 0.5) is 5.69 Å². The molecular formula is C25H19BrClNO. The fourth-order valence-corrected chi connectivity index (χ4v) is 3.85. The van der Waals surface area contributed by atoms with Gasteiger partial charge < -0.3 is 5.32 Å². The summed E-state index contributed by atoms with van der Waals surface area (Å²) in [6.07, 6.45) is 0.340. The van der Waals surface area contributed by atoms with E-state index in [0.29, 0.717) is 11.4 Å². The number of fused-ring (bicyclic) bond motifs is 1. The van der Waals surface area contributed by atoms with Crippen LogP contribution in [0.1, 0.15) is 28.4 Å². The summed E-state index contributed by atoms with van der Waals surface area (Å²) < 4.78 is 1.00. The lowest BCUT2D eigenvalue weighted by molar-refractivity contribution is 0.0976. The molecule has 0 fully saturated rings. The maximum Gasteiger partial charge on any atom is 0.165 e. The van der Waals surface area contributed by atoms with Crippen molar-refractivity contribution in [2.75, 3.05) is 5.32 Å². The molecule has 0 aliphatic carbocycles. The van der Waals surface area contributed by atoms with E-state index in [9.17, 15) is 4.79 Å². The fourth-order valence-electron chi connectivity index (χ4n) is 3.39. The number of Topliss-reactive ketones (excluding diaryl/α,β-unsaturated/α-hetero) is 1. The van der Waals surface area contributed by atoms with Crippen molar-refractivity contribution >= 4 is 49.8 Å². The van der Waals surface area contributed by atoms with Gasteiger partial charge in [0.25, 0.3) is 0 Å². The van der Waals surface area contributed by atoms with Gasteiger partial charge in [0.15, 0.2) is 5.78 Å². The Balaban J connectivity index is 1.62. The maximum atomic E-state index is 13.1. The Labute approximate surface area is 183 Å². The number of nitrogens with one attached hydrogen (secondary N) is 1. The highest BCUT2D eigenvalue weighted by atomic mass is 79.9. The first-order chi connectivity index (χ1) is 14.1. The van der Waals surface area contributed by atoms with E-state index < -0.39 is 0 Å². The average Bonchev–Trinajstić information content (AvgIpc) is 2.73. The molecule has 1 N–H and O–H groups in total. The van der Waals surface area contributed by atoms with Crippen molar-refractivity contribution < 1.29 is 4.79 Å². The molecule has 0 saturated heterocycles. The third-order valence-corrected chi connectivity index (χ3v) is 5.66. The average molecular weight is 465 g/mol. The molecule has 0 aromatic heterocycles. The van der Waals surface area contributed by atoms with Crippen LogP contribution in [-0.4, -0.2) is 5.78 Å². The monoisotopic (exact) mass is 463 g/mol. The van der Waals surface area contributed by atoms with Gasteiger partial charge in [-0.1, -0.05) is 82.1 Å². The second-order valence-corrected chi connectivity index (χ2v) is 8.30. The van der Waals surface area contributed by atoms with E-state index in [1.165, 1.54) is 0 Å². The molecule has 29 heavy (non-hydrogen) atoms. The lowest BCUT2D eigenvalue weighted by Crippen LogP contribution is -2.16. The molecule has 0 aliphatic heterocycles. The SMILES string of the molecule is O=C(CC(Nc1cccc(Cl)c1)c1ccc(Br)cc1)c1ccc2ccccc2c1. The standard InChI is InChI=1S/C25H19BrClNO/c26-21-12-10-18(11-13-21)24(28-23-7-3-6-22(27)15-23)16-25(29)20-9-8-17-4-1-2-5-19(17)14-20/h1-15,24,28H,16H2. The van der Waals surface area contributed by atoms with Crippen molar-refractivity contribution in [2.24, 2.45) is 0 Å². The number of rotatable bonds is 6. The van der Waals surface area contributed by atoms with Crippen LogP contribution < -0.4 is 5.32 Å². The predicted molar refractivity (Wildman–Crippen MR) is 125 cm³/mol. The van der Waals surface area contributed by atoms with Gasteiger partial charge in [-0.3, -0.25) is 4.79 Å². The molecule has 0 aliphatic rings. The number of carbonyl (C=O) groups is 1. The lowest BCUT2D eigenvalue weighted by atomic mass is 9.96. The molecule has 0 spiro atoms. The maximum absolute atomic E-state index is 13.1. The highest BCUT2D eigenvalue weighted by molar-refractivity contribution is 9.10. The molecule has 4 aromatic carbocycles. The third kappa shape index (κ3) is 4.87. The summed E-state index contributed by atoms with van der Waals surface area (Å²) in [5.41, 5.74) is 2.65. The molecule has 4 aromatic rings. The topological polar surface area (TPSA) is 29.1 Å². The summed E-state index contributed by atoms with van der Waals surface area (Å²) in [4.78, 5) is 13.1. The van der Waals surface area contributed by atoms with Gasteiger partial charge in [-0.05, 0) is 52.7 Å². The molecule has 0 saturated carbocycles. The Hall–Kier alpha value is -2.62. The van der Waals surface area contributed by atoms with Crippen LogP contribution in [0.2, 0.25) is 5.02 Å². The Morgan fingerprint density at radius 3 is 2.38 bits per heavy atom. The number of anilines is 1. The molecule has 1 unspecified atom stereocenters. The third-order valence-electron chi connectivity index (χ3n) is 4.90. The Morgan fingerprint density at radius 1 is 0.862 bits per heavy atom. The Morgan fingerprint density at radius 2 is 1.62 bits per heavy atom. The highest BCUT2D eigenvalue weighted by Gasteiger charge is 2.18. The minimum absolute atomic E-state index is 0.0956. The zero-order valence-electron chi connectivity index (χ0n) is 15.6. The second-order valence-electron chi connectivity index (χ2n) is 6.95. The van der Waals surface area contributed by atoms with Gasteiger partial charge in [-0.2, -0.15) is 0 Å². The van der Waals surface area contributed by atoms with Crippen LogP contribution in [0.25, 0.3) is 10.8 Å². The van der Waals surface area contributed by atoms with E-state index in [1.807, 2.05) is 84.9 Å². The van der Waals surface area contributed by atoms with Gasteiger partial charge in [0, 0.05) is 27.2 Å². The van der Waals surface area contributed by atoms with Gasteiger partial charge in [0.05, 0.1) is 6.04 Å². The van der Waals surface area contributed by atoms with E-state index in [4.69, 9.17) is 11.6 Å². The quantitative estimate of drug-likeness (QED) is 0.296. The van der Waals surface area contributed by atoms with Crippen molar-refractivity contribution in [3.05, 3.63) is 112 Å². The number of carbonyl (C=O) groups excluding carboxylic acids is 1. The Kier molecular flexibility index (Phi) is 5.98. The van der Waals surface area contributed by atoms with Crippen LogP contribution in [0, 0.1) is 0 Å². The lowest BCUT2D eigenvalue weighted by Gasteiger charge is -2.20. The molecule has 0 radical (unpaired) electrons. The largest absolute Gasteiger partial charge is 0.378 e. The molecule has 4 rings (SSSR count). The summed E-state index contributed by atoms with van der Waals surface area (Å²) in [5.74, 6) is 0.0956. The van der Waals surface area contributed by atoms with Crippen LogP contribution in [0.5, 0.6) is 0 Å². The number of hydrogen-bond acceptors (Lipinski definition) is 2. The molecule has 1 atom stereocenters. The summed E-state index contributed by atoms with van der Waals surface area (Å²) in [5, 5.41) is 6.33.